The second-order valence-corrected chi connectivity index (χ2v) is 7.37. The maximum absolute atomic E-state index is 12.7. The molecule has 142 valence electrons. The molecule has 4 heterocycles. The van der Waals surface area contributed by atoms with Crippen LogP contribution in [0.1, 0.15) is 43.0 Å². The monoisotopic (exact) mass is 367 g/mol. The Morgan fingerprint density at radius 2 is 2.15 bits per heavy atom. The highest BCUT2D eigenvalue weighted by Crippen LogP contribution is 2.26. The van der Waals surface area contributed by atoms with Gasteiger partial charge in [-0.1, -0.05) is 6.07 Å². The smallest absolute Gasteiger partial charge is 0.242 e. The van der Waals surface area contributed by atoms with Gasteiger partial charge >= 0.3 is 0 Å². The molecule has 1 atom stereocenters. The SMILES string of the molecule is O=C1CCCN1CC(=O)N1CCC[C@H](c2nccn2Cc2cccnc2)C1. The average molecular weight is 367 g/mol. The Bertz CT molecular complexity index is 804. The number of rotatable bonds is 5. The molecule has 0 saturated carbocycles. The number of carbonyl (C=O) groups excluding carboxylic acids is 2. The van der Waals surface area contributed by atoms with Crippen molar-refractivity contribution in [1.29, 1.82) is 0 Å². The molecule has 0 radical (unpaired) electrons. The summed E-state index contributed by atoms with van der Waals surface area (Å²) in [6, 6.07) is 3.99. The predicted molar refractivity (Wildman–Crippen MR) is 99.9 cm³/mol. The molecule has 2 aromatic rings. The Labute approximate surface area is 159 Å². The van der Waals surface area contributed by atoms with E-state index in [2.05, 4.69) is 20.6 Å². The Morgan fingerprint density at radius 1 is 1.22 bits per heavy atom. The summed E-state index contributed by atoms with van der Waals surface area (Å²) in [5.74, 6) is 1.40. The maximum Gasteiger partial charge on any atom is 0.242 e. The molecule has 2 aliphatic rings. The molecule has 7 nitrogen and oxygen atoms in total. The minimum Gasteiger partial charge on any atom is -0.340 e. The zero-order valence-electron chi connectivity index (χ0n) is 15.5. The molecule has 2 aromatic heterocycles. The molecule has 2 aliphatic heterocycles. The van der Waals surface area contributed by atoms with Crippen LogP contribution in [0.3, 0.4) is 0 Å². The number of amides is 2. The molecule has 27 heavy (non-hydrogen) atoms. The van der Waals surface area contributed by atoms with Gasteiger partial charge in [-0.25, -0.2) is 4.98 Å². The van der Waals surface area contributed by atoms with Crippen LogP contribution >= 0.6 is 0 Å². The number of aromatic nitrogens is 3. The summed E-state index contributed by atoms with van der Waals surface area (Å²) < 4.78 is 2.15. The van der Waals surface area contributed by atoms with Crippen LogP contribution in [0.4, 0.5) is 0 Å². The van der Waals surface area contributed by atoms with Crippen LogP contribution in [0.5, 0.6) is 0 Å². The standard InChI is InChI=1S/C20H25N5O2/c26-18-6-3-10-24(18)15-19(27)23-9-2-5-17(14-23)20-22-8-11-25(20)13-16-4-1-7-21-12-16/h1,4,7-8,11-12,17H,2-3,5-6,9-10,13-15H2/t17-/m0/s1. The van der Waals surface area contributed by atoms with Crippen molar-refractivity contribution in [2.24, 2.45) is 0 Å². The van der Waals surface area contributed by atoms with Crippen molar-refractivity contribution in [3.8, 4) is 0 Å². The lowest BCUT2D eigenvalue weighted by molar-refractivity contribution is -0.139. The van der Waals surface area contributed by atoms with E-state index in [1.165, 1.54) is 0 Å². The summed E-state index contributed by atoms with van der Waals surface area (Å²) in [6.07, 6.45) is 10.9. The van der Waals surface area contributed by atoms with Gasteiger partial charge in [0.25, 0.3) is 0 Å². The number of likely N-dealkylation sites (tertiary alicyclic amines) is 2. The first-order valence-corrected chi connectivity index (χ1v) is 9.66. The van der Waals surface area contributed by atoms with Crippen LogP contribution in [0.2, 0.25) is 0 Å². The number of imidazole rings is 1. The fourth-order valence-corrected chi connectivity index (χ4v) is 4.05. The Kier molecular flexibility index (Phi) is 5.18. The summed E-state index contributed by atoms with van der Waals surface area (Å²) in [6.45, 7) is 3.09. The molecular weight excluding hydrogens is 342 g/mol. The highest BCUT2D eigenvalue weighted by atomic mass is 16.2. The van der Waals surface area contributed by atoms with Gasteiger partial charge in [-0.05, 0) is 30.9 Å². The Morgan fingerprint density at radius 3 is 2.93 bits per heavy atom. The van der Waals surface area contributed by atoms with Gasteiger partial charge in [0.15, 0.2) is 0 Å². The quantitative estimate of drug-likeness (QED) is 0.806. The normalized spacial score (nSPS) is 20.3. The van der Waals surface area contributed by atoms with E-state index in [0.717, 1.165) is 43.7 Å². The van der Waals surface area contributed by atoms with Gasteiger partial charge in [-0.3, -0.25) is 14.6 Å². The molecule has 0 spiro atoms. The molecule has 0 unspecified atom stereocenters. The lowest BCUT2D eigenvalue weighted by Crippen LogP contribution is -2.45. The van der Waals surface area contributed by atoms with Gasteiger partial charge in [0.2, 0.25) is 11.8 Å². The van der Waals surface area contributed by atoms with E-state index in [1.807, 2.05) is 29.6 Å². The molecule has 4 rings (SSSR count). The van der Waals surface area contributed by atoms with E-state index < -0.39 is 0 Å². The van der Waals surface area contributed by atoms with E-state index in [0.29, 0.717) is 19.5 Å². The number of hydrogen-bond acceptors (Lipinski definition) is 4. The highest BCUT2D eigenvalue weighted by molar-refractivity contribution is 5.86. The van der Waals surface area contributed by atoms with Crippen LogP contribution in [0.15, 0.2) is 36.9 Å². The highest BCUT2D eigenvalue weighted by Gasteiger charge is 2.30. The summed E-state index contributed by atoms with van der Waals surface area (Å²) in [5, 5.41) is 0. The summed E-state index contributed by atoms with van der Waals surface area (Å²) >= 11 is 0. The Balaban J connectivity index is 1.42. The summed E-state index contributed by atoms with van der Waals surface area (Å²) in [5.41, 5.74) is 1.13. The minimum atomic E-state index is 0.0558. The van der Waals surface area contributed by atoms with Crippen LogP contribution in [-0.2, 0) is 16.1 Å². The number of carbonyl (C=O) groups is 2. The molecule has 0 aromatic carbocycles. The molecular formula is C20H25N5O2. The average Bonchev–Trinajstić information content (AvgIpc) is 3.32. The minimum absolute atomic E-state index is 0.0558. The summed E-state index contributed by atoms with van der Waals surface area (Å²) in [4.78, 5) is 36.8. The van der Waals surface area contributed by atoms with Crippen molar-refractivity contribution in [2.75, 3.05) is 26.2 Å². The maximum atomic E-state index is 12.7. The first kappa shape index (κ1) is 17.7. The van der Waals surface area contributed by atoms with Crippen LogP contribution in [-0.4, -0.2) is 62.3 Å². The number of hydrogen-bond donors (Lipinski definition) is 0. The first-order valence-electron chi connectivity index (χ1n) is 9.66. The van der Waals surface area contributed by atoms with Crippen molar-refractivity contribution in [3.63, 3.8) is 0 Å². The predicted octanol–water partition coefficient (Wildman–Crippen LogP) is 1.65. The number of nitrogens with zero attached hydrogens (tertiary/aromatic N) is 5. The van der Waals surface area contributed by atoms with E-state index >= 15 is 0 Å². The van der Waals surface area contributed by atoms with Crippen LogP contribution < -0.4 is 0 Å². The third-order valence-corrected chi connectivity index (χ3v) is 5.46. The van der Waals surface area contributed by atoms with Gasteiger partial charge in [0.1, 0.15) is 5.82 Å². The van der Waals surface area contributed by atoms with Gasteiger partial charge < -0.3 is 14.4 Å². The fraction of sp³-hybridized carbons (Fsp3) is 0.500. The van der Waals surface area contributed by atoms with Crippen molar-refractivity contribution in [1.82, 2.24) is 24.3 Å². The third-order valence-electron chi connectivity index (χ3n) is 5.46. The molecule has 0 bridgehead atoms. The van der Waals surface area contributed by atoms with E-state index in [-0.39, 0.29) is 24.3 Å². The Hall–Kier alpha value is -2.70. The molecule has 7 heteroatoms. The zero-order chi connectivity index (χ0) is 18.6. The lowest BCUT2D eigenvalue weighted by atomic mass is 9.97. The van der Waals surface area contributed by atoms with Gasteiger partial charge in [-0.15, -0.1) is 0 Å². The molecule has 0 aliphatic carbocycles. The number of piperidine rings is 1. The number of pyridine rings is 1. The molecule has 2 saturated heterocycles. The molecule has 2 amide bonds. The second kappa shape index (κ2) is 7.90. The van der Waals surface area contributed by atoms with Gasteiger partial charge in [-0.2, -0.15) is 0 Å². The molecule has 0 N–H and O–H groups in total. The van der Waals surface area contributed by atoms with Gasteiger partial charge in [0.05, 0.1) is 13.1 Å². The largest absolute Gasteiger partial charge is 0.340 e. The van der Waals surface area contributed by atoms with Crippen molar-refractivity contribution >= 4 is 11.8 Å². The summed E-state index contributed by atoms with van der Waals surface area (Å²) in [7, 11) is 0. The fourth-order valence-electron chi connectivity index (χ4n) is 4.05. The van der Waals surface area contributed by atoms with Crippen molar-refractivity contribution < 1.29 is 9.59 Å². The first-order chi connectivity index (χ1) is 13.2. The zero-order valence-corrected chi connectivity index (χ0v) is 15.5. The molecule has 2 fully saturated rings. The van der Waals surface area contributed by atoms with Gasteiger partial charge in [0, 0.05) is 56.8 Å². The van der Waals surface area contributed by atoms with Crippen molar-refractivity contribution in [2.45, 2.75) is 38.1 Å². The van der Waals surface area contributed by atoms with Crippen LogP contribution in [0, 0.1) is 0 Å². The third kappa shape index (κ3) is 4.02. The topological polar surface area (TPSA) is 71.3 Å². The van der Waals surface area contributed by atoms with E-state index in [9.17, 15) is 9.59 Å². The lowest BCUT2D eigenvalue weighted by Gasteiger charge is -2.33. The van der Waals surface area contributed by atoms with E-state index in [1.54, 1.807) is 11.1 Å². The van der Waals surface area contributed by atoms with Crippen LogP contribution in [0.25, 0.3) is 0 Å². The van der Waals surface area contributed by atoms with Crippen molar-refractivity contribution in [3.05, 3.63) is 48.3 Å². The van der Waals surface area contributed by atoms with E-state index in [4.69, 9.17) is 0 Å². The second-order valence-electron chi connectivity index (χ2n) is 7.37.